The number of esters is 1. The van der Waals surface area contributed by atoms with Crippen molar-refractivity contribution in [2.24, 2.45) is 0 Å². The van der Waals surface area contributed by atoms with Crippen LogP contribution in [0.4, 0.5) is 0 Å². The van der Waals surface area contributed by atoms with Crippen LogP contribution in [-0.2, 0) is 16.1 Å². The minimum absolute atomic E-state index is 0.103. The van der Waals surface area contributed by atoms with Gasteiger partial charge in [0.2, 0.25) is 0 Å². The zero-order chi connectivity index (χ0) is 12.1. The summed E-state index contributed by atoms with van der Waals surface area (Å²) in [6.45, 7) is 0.103. The van der Waals surface area contributed by atoms with Crippen LogP contribution in [0, 0.1) is 0 Å². The Balaban J connectivity index is 1.92. The summed E-state index contributed by atoms with van der Waals surface area (Å²) >= 11 is 0. The van der Waals surface area contributed by atoms with E-state index in [4.69, 9.17) is 4.74 Å². The lowest BCUT2D eigenvalue weighted by molar-refractivity contribution is -0.139. The number of ether oxygens (including phenoxy) is 1. The number of ketones is 1. The van der Waals surface area contributed by atoms with E-state index < -0.39 is 11.8 Å². The Kier molecular flexibility index (Phi) is 3.35. The maximum absolute atomic E-state index is 11.5. The zero-order valence-corrected chi connectivity index (χ0v) is 9.05. The Hall–Kier alpha value is -2.36. The van der Waals surface area contributed by atoms with Gasteiger partial charge in [-0.3, -0.25) is 4.79 Å². The second-order valence-electron chi connectivity index (χ2n) is 3.47. The quantitative estimate of drug-likeness (QED) is 0.495. The van der Waals surface area contributed by atoms with Crippen LogP contribution in [0.25, 0.3) is 0 Å². The van der Waals surface area contributed by atoms with Crippen LogP contribution in [0.1, 0.15) is 16.1 Å². The molecule has 0 unspecified atom stereocenters. The highest BCUT2D eigenvalue weighted by Gasteiger charge is 2.18. The van der Waals surface area contributed by atoms with Crippen molar-refractivity contribution in [2.75, 3.05) is 0 Å². The lowest BCUT2D eigenvalue weighted by Gasteiger charge is -2.02. The number of benzene rings is 1. The average molecular weight is 229 g/mol. The minimum Gasteiger partial charge on any atom is -0.455 e. The molecule has 0 atom stereocenters. The van der Waals surface area contributed by atoms with Crippen molar-refractivity contribution >= 4 is 11.8 Å². The SMILES string of the molecule is O=C(OCc1ccccc1)C(=O)c1ccc[nH]1. The highest BCUT2D eigenvalue weighted by Crippen LogP contribution is 2.03. The third-order valence-corrected chi connectivity index (χ3v) is 2.24. The molecule has 2 aromatic rings. The fourth-order valence-corrected chi connectivity index (χ4v) is 1.37. The zero-order valence-electron chi connectivity index (χ0n) is 9.05. The van der Waals surface area contributed by atoms with Crippen LogP contribution < -0.4 is 0 Å². The molecule has 1 heterocycles. The Labute approximate surface area is 98.2 Å². The van der Waals surface area contributed by atoms with E-state index in [9.17, 15) is 9.59 Å². The smallest absolute Gasteiger partial charge is 0.381 e. The van der Waals surface area contributed by atoms with Gasteiger partial charge >= 0.3 is 5.97 Å². The molecule has 4 nitrogen and oxygen atoms in total. The van der Waals surface area contributed by atoms with Crippen molar-refractivity contribution in [1.82, 2.24) is 4.98 Å². The average Bonchev–Trinajstić information content (AvgIpc) is 2.90. The van der Waals surface area contributed by atoms with Gasteiger partial charge in [0.1, 0.15) is 6.61 Å². The van der Waals surface area contributed by atoms with E-state index in [1.807, 2.05) is 30.3 Å². The summed E-state index contributed by atoms with van der Waals surface area (Å²) in [4.78, 5) is 25.6. The molecule has 0 aliphatic rings. The summed E-state index contributed by atoms with van der Waals surface area (Å²) in [7, 11) is 0. The largest absolute Gasteiger partial charge is 0.455 e. The topological polar surface area (TPSA) is 59.2 Å². The summed E-state index contributed by atoms with van der Waals surface area (Å²) < 4.78 is 4.91. The van der Waals surface area contributed by atoms with E-state index >= 15 is 0 Å². The summed E-state index contributed by atoms with van der Waals surface area (Å²) in [6, 6.07) is 12.4. The molecule has 0 fully saturated rings. The van der Waals surface area contributed by atoms with Crippen molar-refractivity contribution < 1.29 is 14.3 Å². The Morgan fingerprint density at radius 1 is 1.06 bits per heavy atom. The molecule has 0 amide bonds. The Morgan fingerprint density at radius 2 is 1.82 bits per heavy atom. The molecule has 0 spiro atoms. The maximum atomic E-state index is 11.5. The predicted octanol–water partition coefficient (Wildman–Crippen LogP) is 1.94. The molecule has 0 bridgehead atoms. The van der Waals surface area contributed by atoms with Crippen LogP contribution in [0.2, 0.25) is 0 Å². The van der Waals surface area contributed by atoms with E-state index in [0.717, 1.165) is 5.56 Å². The van der Waals surface area contributed by atoms with Crippen LogP contribution in [0.15, 0.2) is 48.7 Å². The number of hydrogen-bond acceptors (Lipinski definition) is 3. The molecule has 86 valence electrons. The van der Waals surface area contributed by atoms with Gasteiger partial charge in [-0.2, -0.15) is 0 Å². The van der Waals surface area contributed by atoms with Crippen molar-refractivity contribution in [3.63, 3.8) is 0 Å². The lowest BCUT2D eigenvalue weighted by atomic mass is 10.2. The van der Waals surface area contributed by atoms with Gasteiger partial charge in [0, 0.05) is 6.20 Å². The van der Waals surface area contributed by atoms with Gasteiger partial charge < -0.3 is 9.72 Å². The molecular formula is C13H11NO3. The standard InChI is InChI=1S/C13H11NO3/c15-12(11-7-4-8-14-11)13(16)17-9-10-5-2-1-3-6-10/h1-8,14H,9H2. The summed E-state index contributed by atoms with van der Waals surface area (Å²) in [5.41, 5.74) is 1.09. The number of carbonyl (C=O) groups excluding carboxylic acids is 2. The molecule has 1 N–H and O–H groups in total. The lowest BCUT2D eigenvalue weighted by Crippen LogP contribution is -2.17. The van der Waals surface area contributed by atoms with Crippen molar-refractivity contribution in [1.29, 1.82) is 0 Å². The summed E-state index contributed by atoms with van der Waals surface area (Å²) in [6.07, 6.45) is 1.58. The highest BCUT2D eigenvalue weighted by atomic mass is 16.5. The van der Waals surface area contributed by atoms with E-state index in [1.54, 1.807) is 12.3 Å². The van der Waals surface area contributed by atoms with Crippen LogP contribution in [-0.4, -0.2) is 16.7 Å². The third-order valence-electron chi connectivity index (χ3n) is 2.24. The van der Waals surface area contributed by atoms with Gasteiger partial charge in [0.25, 0.3) is 5.78 Å². The van der Waals surface area contributed by atoms with Gasteiger partial charge in [-0.15, -0.1) is 0 Å². The van der Waals surface area contributed by atoms with Crippen LogP contribution >= 0.6 is 0 Å². The van der Waals surface area contributed by atoms with E-state index in [0.29, 0.717) is 0 Å². The summed E-state index contributed by atoms with van der Waals surface area (Å²) in [5.74, 6) is -1.51. The van der Waals surface area contributed by atoms with E-state index in [1.165, 1.54) is 6.07 Å². The molecular weight excluding hydrogens is 218 g/mol. The fourth-order valence-electron chi connectivity index (χ4n) is 1.37. The second kappa shape index (κ2) is 5.12. The van der Waals surface area contributed by atoms with Crippen molar-refractivity contribution in [2.45, 2.75) is 6.61 Å². The monoisotopic (exact) mass is 229 g/mol. The molecule has 0 saturated carbocycles. The minimum atomic E-state index is -0.851. The van der Waals surface area contributed by atoms with Gasteiger partial charge in [0.15, 0.2) is 0 Å². The van der Waals surface area contributed by atoms with Crippen molar-refractivity contribution in [3.8, 4) is 0 Å². The van der Waals surface area contributed by atoms with Crippen LogP contribution in [0.5, 0.6) is 0 Å². The number of H-pyrrole nitrogens is 1. The third kappa shape index (κ3) is 2.81. The molecule has 1 aromatic carbocycles. The number of Topliss-reactive ketones (excluding diaryl/α,β-unsaturated/α-hetero) is 1. The molecule has 0 aliphatic heterocycles. The second-order valence-corrected chi connectivity index (χ2v) is 3.47. The molecule has 4 heteroatoms. The normalized spacial score (nSPS) is 9.88. The number of aromatic amines is 1. The first-order valence-corrected chi connectivity index (χ1v) is 5.16. The fraction of sp³-hybridized carbons (Fsp3) is 0.0769. The molecule has 0 saturated heterocycles. The Morgan fingerprint density at radius 3 is 2.47 bits per heavy atom. The Bertz CT molecular complexity index is 503. The molecule has 17 heavy (non-hydrogen) atoms. The van der Waals surface area contributed by atoms with Crippen molar-refractivity contribution in [3.05, 3.63) is 59.9 Å². The highest BCUT2D eigenvalue weighted by molar-refractivity contribution is 6.40. The number of rotatable bonds is 4. The number of hydrogen-bond donors (Lipinski definition) is 1. The number of carbonyl (C=O) groups is 2. The van der Waals surface area contributed by atoms with Gasteiger partial charge in [0.05, 0.1) is 5.69 Å². The van der Waals surface area contributed by atoms with E-state index in [2.05, 4.69) is 4.98 Å². The van der Waals surface area contributed by atoms with Gasteiger partial charge in [-0.1, -0.05) is 30.3 Å². The first-order valence-electron chi connectivity index (χ1n) is 5.16. The maximum Gasteiger partial charge on any atom is 0.381 e. The van der Waals surface area contributed by atoms with E-state index in [-0.39, 0.29) is 12.3 Å². The molecule has 0 radical (unpaired) electrons. The molecule has 1 aromatic heterocycles. The van der Waals surface area contributed by atoms with Gasteiger partial charge in [-0.25, -0.2) is 4.79 Å². The predicted molar refractivity (Wildman–Crippen MR) is 61.4 cm³/mol. The number of aromatic nitrogens is 1. The number of nitrogens with one attached hydrogen (secondary N) is 1. The first kappa shape index (κ1) is 11.1. The van der Waals surface area contributed by atoms with Crippen LogP contribution in [0.3, 0.4) is 0 Å². The first-order chi connectivity index (χ1) is 8.27. The van der Waals surface area contributed by atoms with Gasteiger partial charge in [-0.05, 0) is 17.7 Å². The molecule has 0 aliphatic carbocycles. The molecule has 2 rings (SSSR count). The summed E-state index contributed by atoms with van der Waals surface area (Å²) in [5, 5.41) is 0.